The summed E-state index contributed by atoms with van der Waals surface area (Å²) in [4.78, 5) is 0. The molecule has 1 nitrogen and oxygen atoms in total. The predicted molar refractivity (Wildman–Crippen MR) is 65.3 cm³/mol. The highest BCUT2D eigenvalue weighted by Crippen LogP contribution is 2.60. The molecule has 2 aliphatic carbocycles. The van der Waals surface area contributed by atoms with E-state index in [0.29, 0.717) is 11.8 Å². The SMILES string of the molecule is OC(c1ccccc1C(F)(F)F)C1C2CCCCC21. The molecule has 1 N–H and O–H groups in total. The second-order valence-corrected chi connectivity index (χ2v) is 5.72. The zero-order valence-electron chi connectivity index (χ0n) is 10.5. The lowest BCUT2D eigenvalue weighted by molar-refractivity contribution is -0.139. The van der Waals surface area contributed by atoms with Crippen molar-refractivity contribution in [1.29, 1.82) is 0 Å². The van der Waals surface area contributed by atoms with Crippen LogP contribution in [0, 0.1) is 17.8 Å². The maximum absolute atomic E-state index is 13.0. The van der Waals surface area contributed by atoms with Crippen molar-refractivity contribution in [2.45, 2.75) is 38.0 Å². The molecule has 3 unspecified atom stereocenters. The predicted octanol–water partition coefficient (Wildman–Crippen LogP) is 4.18. The number of aliphatic hydroxyl groups is 1. The van der Waals surface area contributed by atoms with Crippen molar-refractivity contribution >= 4 is 0 Å². The van der Waals surface area contributed by atoms with E-state index in [4.69, 9.17) is 0 Å². The highest BCUT2D eigenvalue weighted by molar-refractivity contribution is 5.33. The number of hydrogen-bond acceptors (Lipinski definition) is 1. The van der Waals surface area contributed by atoms with Crippen molar-refractivity contribution in [2.75, 3.05) is 0 Å². The van der Waals surface area contributed by atoms with Gasteiger partial charge in [-0.2, -0.15) is 13.2 Å². The van der Waals surface area contributed by atoms with Crippen molar-refractivity contribution in [3.63, 3.8) is 0 Å². The minimum absolute atomic E-state index is 0.0333. The summed E-state index contributed by atoms with van der Waals surface area (Å²) >= 11 is 0. The molecule has 0 aromatic heterocycles. The van der Waals surface area contributed by atoms with E-state index in [2.05, 4.69) is 0 Å². The van der Waals surface area contributed by atoms with Crippen molar-refractivity contribution in [2.24, 2.45) is 17.8 Å². The van der Waals surface area contributed by atoms with E-state index >= 15 is 0 Å². The fourth-order valence-electron chi connectivity index (χ4n) is 3.74. The van der Waals surface area contributed by atoms with E-state index in [1.54, 1.807) is 6.07 Å². The van der Waals surface area contributed by atoms with E-state index in [0.717, 1.165) is 31.7 Å². The molecule has 0 bridgehead atoms. The zero-order valence-corrected chi connectivity index (χ0v) is 10.5. The van der Waals surface area contributed by atoms with Gasteiger partial charge in [-0.15, -0.1) is 0 Å². The number of benzene rings is 1. The Hall–Kier alpha value is -1.03. The minimum Gasteiger partial charge on any atom is -0.388 e. The number of aliphatic hydroxyl groups excluding tert-OH is 1. The van der Waals surface area contributed by atoms with Crippen molar-refractivity contribution in [3.8, 4) is 0 Å². The molecule has 0 spiro atoms. The molecule has 0 aliphatic heterocycles. The van der Waals surface area contributed by atoms with Crippen LogP contribution in [0.1, 0.15) is 42.9 Å². The normalized spacial score (nSPS) is 31.7. The van der Waals surface area contributed by atoms with Gasteiger partial charge in [0.2, 0.25) is 0 Å². The molecular weight excluding hydrogens is 253 g/mol. The first-order valence-corrected chi connectivity index (χ1v) is 6.84. The molecule has 2 fully saturated rings. The van der Waals surface area contributed by atoms with E-state index in [9.17, 15) is 18.3 Å². The number of hydrogen-bond donors (Lipinski definition) is 1. The van der Waals surface area contributed by atoms with Gasteiger partial charge < -0.3 is 5.11 Å². The van der Waals surface area contributed by atoms with E-state index in [1.165, 1.54) is 12.1 Å². The molecule has 3 rings (SSSR count). The molecule has 3 atom stereocenters. The Kier molecular flexibility index (Phi) is 3.08. The zero-order chi connectivity index (χ0) is 13.6. The summed E-state index contributed by atoms with van der Waals surface area (Å²) in [6.07, 6.45) is -0.957. The van der Waals surface area contributed by atoms with E-state index in [-0.39, 0.29) is 11.5 Å². The van der Waals surface area contributed by atoms with Crippen LogP contribution >= 0.6 is 0 Å². The van der Waals surface area contributed by atoms with Crippen LogP contribution in [0.3, 0.4) is 0 Å². The smallest absolute Gasteiger partial charge is 0.388 e. The standard InChI is InChI=1S/C15H17F3O/c16-15(17,18)12-8-4-3-7-11(12)14(19)13-9-5-1-2-6-10(9)13/h3-4,7-10,13-14,19H,1-2,5-6H2. The average molecular weight is 270 g/mol. The molecule has 1 aromatic carbocycles. The van der Waals surface area contributed by atoms with Crippen LogP contribution in [-0.2, 0) is 6.18 Å². The third-order valence-electron chi connectivity index (χ3n) is 4.67. The fourth-order valence-corrected chi connectivity index (χ4v) is 3.74. The highest BCUT2D eigenvalue weighted by Gasteiger charge is 2.55. The number of rotatable bonds is 2. The Morgan fingerprint density at radius 3 is 2.21 bits per heavy atom. The Balaban J connectivity index is 1.86. The van der Waals surface area contributed by atoms with Gasteiger partial charge in [-0.05, 0) is 42.2 Å². The lowest BCUT2D eigenvalue weighted by atomic mass is 9.97. The third kappa shape index (κ3) is 2.27. The fraction of sp³-hybridized carbons (Fsp3) is 0.600. The van der Waals surface area contributed by atoms with Gasteiger partial charge in [-0.25, -0.2) is 0 Å². The molecule has 0 radical (unpaired) electrons. The molecule has 2 saturated carbocycles. The van der Waals surface area contributed by atoms with Crippen molar-refractivity contribution < 1.29 is 18.3 Å². The van der Waals surface area contributed by atoms with Crippen LogP contribution in [0.4, 0.5) is 13.2 Å². The van der Waals surface area contributed by atoms with Gasteiger partial charge >= 0.3 is 6.18 Å². The molecule has 19 heavy (non-hydrogen) atoms. The lowest BCUT2D eigenvalue weighted by Gasteiger charge is -2.17. The largest absolute Gasteiger partial charge is 0.416 e. The first-order chi connectivity index (χ1) is 9.00. The van der Waals surface area contributed by atoms with Crippen molar-refractivity contribution in [3.05, 3.63) is 35.4 Å². The van der Waals surface area contributed by atoms with Gasteiger partial charge in [0.25, 0.3) is 0 Å². The van der Waals surface area contributed by atoms with Gasteiger partial charge in [0.1, 0.15) is 0 Å². The average Bonchev–Trinajstić information content (AvgIpc) is 3.11. The topological polar surface area (TPSA) is 20.2 Å². The Labute approximate surface area is 110 Å². The molecule has 104 valence electrons. The van der Waals surface area contributed by atoms with Gasteiger partial charge in [-0.1, -0.05) is 31.0 Å². The maximum atomic E-state index is 13.0. The van der Waals surface area contributed by atoms with Crippen molar-refractivity contribution in [1.82, 2.24) is 0 Å². The summed E-state index contributed by atoms with van der Waals surface area (Å²) in [6.45, 7) is 0. The second-order valence-electron chi connectivity index (χ2n) is 5.72. The van der Waals surface area contributed by atoms with E-state index in [1.807, 2.05) is 0 Å². The number of alkyl halides is 3. The summed E-state index contributed by atoms with van der Waals surface area (Å²) in [5.41, 5.74) is -0.638. The highest BCUT2D eigenvalue weighted by atomic mass is 19.4. The quantitative estimate of drug-likeness (QED) is 0.855. The second kappa shape index (κ2) is 4.51. The Morgan fingerprint density at radius 2 is 1.63 bits per heavy atom. The molecule has 4 heteroatoms. The maximum Gasteiger partial charge on any atom is 0.416 e. The molecular formula is C15H17F3O. The van der Waals surface area contributed by atoms with Crippen LogP contribution in [0.25, 0.3) is 0 Å². The summed E-state index contributed by atoms with van der Waals surface area (Å²) in [5, 5.41) is 10.3. The monoisotopic (exact) mass is 270 g/mol. The summed E-state index contributed by atoms with van der Waals surface area (Å²) in [7, 11) is 0. The van der Waals surface area contributed by atoms with Gasteiger partial charge in [0.15, 0.2) is 0 Å². The first-order valence-electron chi connectivity index (χ1n) is 6.84. The Bertz CT molecular complexity index is 457. The third-order valence-corrected chi connectivity index (χ3v) is 4.67. The minimum atomic E-state index is -4.39. The van der Waals surface area contributed by atoms with Crippen LogP contribution < -0.4 is 0 Å². The van der Waals surface area contributed by atoms with Crippen LogP contribution in [0.15, 0.2) is 24.3 Å². The van der Waals surface area contributed by atoms with Crippen LogP contribution in [0.2, 0.25) is 0 Å². The summed E-state index contributed by atoms with van der Waals surface area (Å²) < 4.78 is 38.9. The molecule has 0 saturated heterocycles. The molecule has 1 aromatic rings. The first kappa shape index (κ1) is 13.0. The van der Waals surface area contributed by atoms with Crippen LogP contribution in [0.5, 0.6) is 0 Å². The lowest BCUT2D eigenvalue weighted by Crippen LogP contribution is -2.13. The summed E-state index contributed by atoms with van der Waals surface area (Å²) in [5.74, 6) is 0.904. The molecule has 0 heterocycles. The summed E-state index contributed by atoms with van der Waals surface area (Å²) in [6, 6.07) is 5.42. The molecule has 0 amide bonds. The van der Waals surface area contributed by atoms with Crippen LogP contribution in [-0.4, -0.2) is 5.11 Å². The Morgan fingerprint density at radius 1 is 1.05 bits per heavy atom. The van der Waals surface area contributed by atoms with Gasteiger partial charge in [0, 0.05) is 0 Å². The van der Waals surface area contributed by atoms with Gasteiger partial charge in [0.05, 0.1) is 11.7 Å². The van der Waals surface area contributed by atoms with E-state index < -0.39 is 17.8 Å². The number of fused-ring (bicyclic) bond motifs is 1. The molecule has 2 aliphatic rings. The number of halogens is 3. The van der Waals surface area contributed by atoms with Gasteiger partial charge in [-0.3, -0.25) is 0 Å².